The van der Waals surface area contributed by atoms with Crippen molar-refractivity contribution in [1.82, 2.24) is 15.0 Å². The largest absolute Gasteiger partial charge is 0.341 e. The molecule has 1 aromatic heterocycles. The second-order valence-corrected chi connectivity index (χ2v) is 5.41. The fraction of sp³-hybridized carbons (Fsp3) is 0.700. The first-order chi connectivity index (χ1) is 7.56. The first-order valence-corrected chi connectivity index (χ1v) is 6.65. The SMILES string of the molecule is CCN(CC)c1nc(Cl)nc(SC(C)C)n1. The molecule has 0 unspecified atom stereocenters. The Morgan fingerprint density at radius 1 is 1.19 bits per heavy atom. The fourth-order valence-electron chi connectivity index (χ4n) is 1.23. The van der Waals surface area contributed by atoms with E-state index in [0.717, 1.165) is 13.1 Å². The molecule has 4 nitrogen and oxygen atoms in total. The summed E-state index contributed by atoms with van der Waals surface area (Å²) in [6.07, 6.45) is 0. The molecule has 0 spiro atoms. The molecule has 1 rings (SSSR count). The van der Waals surface area contributed by atoms with E-state index in [4.69, 9.17) is 11.6 Å². The van der Waals surface area contributed by atoms with E-state index in [0.29, 0.717) is 16.4 Å². The third-order valence-electron chi connectivity index (χ3n) is 1.96. The van der Waals surface area contributed by atoms with Gasteiger partial charge in [0.25, 0.3) is 0 Å². The van der Waals surface area contributed by atoms with Crippen molar-refractivity contribution in [2.75, 3.05) is 18.0 Å². The number of halogens is 1. The number of nitrogens with zero attached hydrogens (tertiary/aromatic N) is 4. The molecular formula is C10H17ClN4S. The molecule has 0 saturated heterocycles. The van der Waals surface area contributed by atoms with Crippen LogP contribution < -0.4 is 4.90 Å². The van der Waals surface area contributed by atoms with Gasteiger partial charge in [-0.15, -0.1) is 0 Å². The molecular weight excluding hydrogens is 244 g/mol. The summed E-state index contributed by atoms with van der Waals surface area (Å²) in [5.74, 6) is 0.660. The summed E-state index contributed by atoms with van der Waals surface area (Å²) in [7, 11) is 0. The first-order valence-electron chi connectivity index (χ1n) is 5.40. The zero-order valence-electron chi connectivity index (χ0n) is 10.1. The maximum atomic E-state index is 5.89. The molecule has 0 aromatic carbocycles. The maximum absolute atomic E-state index is 5.89. The number of hydrogen-bond donors (Lipinski definition) is 0. The molecule has 0 saturated carbocycles. The Morgan fingerprint density at radius 3 is 2.31 bits per heavy atom. The Kier molecular flexibility index (Phi) is 5.28. The van der Waals surface area contributed by atoms with Gasteiger partial charge in [0.1, 0.15) is 0 Å². The number of hydrogen-bond acceptors (Lipinski definition) is 5. The normalized spacial score (nSPS) is 10.9. The summed E-state index contributed by atoms with van der Waals surface area (Å²) in [5.41, 5.74) is 0. The number of thioether (sulfide) groups is 1. The summed E-state index contributed by atoms with van der Waals surface area (Å²) in [6, 6.07) is 0. The summed E-state index contributed by atoms with van der Waals surface area (Å²) in [4.78, 5) is 14.7. The van der Waals surface area contributed by atoms with E-state index in [1.54, 1.807) is 11.8 Å². The lowest BCUT2D eigenvalue weighted by Crippen LogP contribution is -2.24. The smallest absolute Gasteiger partial charge is 0.230 e. The minimum absolute atomic E-state index is 0.264. The van der Waals surface area contributed by atoms with Crippen molar-refractivity contribution in [2.24, 2.45) is 0 Å². The third kappa shape index (κ3) is 3.79. The van der Waals surface area contributed by atoms with Crippen LogP contribution in [0.25, 0.3) is 0 Å². The molecule has 0 atom stereocenters. The van der Waals surface area contributed by atoms with Gasteiger partial charge in [-0.1, -0.05) is 25.6 Å². The average Bonchev–Trinajstić information content (AvgIpc) is 2.17. The topological polar surface area (TPSA) is 41.9 Å². The summed E-state index contributed by atoms with van der Waals surface area (Å²) >= 11 is 7.48. The van der Waals surface area contributed by atoms with Gasteiger partial charge in [-0.25, -0.2) is 0 Å². The predicted molar refractivity (Wildman–Crippen MR) is 69.4 cm³/mol. The molecule has 0 radical (unpaired) electrons. The molecule has 0 fully saturated rings. The van der Waals surface area contributed by atoms with Crippen LogP contribution in [0.15, 0.2) is 5.16 Å². The van der Waals surface area contributed by atoms with Crippen LogP contribution in [0.2, 0.25) is 5.28 Å². The Hall–Kier alpha value is -0.550. The zero-order valence-corrected chi connectivity index (χ0v) is 11.6. The summed E-state index contributed by atoms with van der Waals surface area (Å²) < 4.78 is 0. The van der Waals surface area contributed by atoms with Crippen molar-refractivity contribution < 1.29 is 0 Å². The minimum Gasteiger partial charge on any atom is -0.341 e. The van der Waals surface area contributed by atoms with Crippen LogP contribution in [-0.2, 0) is 0 Å². The van der Waals surface area contributed by atoms with Crippen molar-refractivity contribution in [3.05, 3.63) is 5.28 Å². The zero-order chi connectivity index (χ0) is 12.1. The van der Waals surface area contributed by atoms with E-state index in [-0.39, 0.29) is 5.28 Å². The highest BCUT2D eigenvalue weighted by molar-refractivity contribution is 7.99. The van der Waals surface area contributed by atoms with Gasteiger partial charge in [-0.2, -0.15) is 15.0 Å². The highest BCUT2D eigenvalue weighted by atomic mass is 35.5. The van der Waals surface area contributed by atoms with Gasteiger partial charge < -0.3 is 4.90 Å². The Bertz CT molecular complexity index is 342. The van der Waals surface area contributed by atoms with Gasteiger partial charge in [-0.05, 0) is 25.4 Å². The first kappa shape index (κ1) is 13.5. The van der Waals surface area contributed by atoms with Gasteiger partial charge in [0.15, 0.2) is 5.16 Å². The van der Waals surface area contributed by atoms with Crippen LogP contribution in [0.5, 0.6) is 0 Å². The molecule has 1 aromatic rings. The highest BCUT2D eigenvalue weighted by Gasteiger charge is 2.11. The second-order valence-electron chi connectivity index (χ2n) is 3.53. The van der Waals surface area contributed by atoms with Crippen LogP contribution >= 0.6 is 23.4 Å². The molecule has 6 heteroatoms. The van der Waals surface area contributed by atoms with Crippen LogP contribution in [0.3, 0.4) is 0 Å². The average molecular weight is 261 g/mol. The quantitative estimate of drug-likeness (QED) is 0.762. The van der Waals surface area contributed by atoms with Gasteiger partial charge >= 0.3 is 0 Å². The van der Waals surface area contributed by atoms with E-state index in [2.05, 4.69) is 47.5 Å². The Labute approximate surface area is 106 Å². The molecule has 1 heterocycles. The fourth-order valence-corrected chi connectivity index (χ4v) is 2.13. The predicted octanol–water partition coefficient (Wildman–Crippen LogP) is 2.87. The number of rotatable bonds is 5. The maximum Gasteiger partial charge on any atom is 0.230 e. The van der Waals surface area contributed by atoms with Crippen LogP contribution in [0.1, 0.15) is 27.7 Å². The van der Waals surface area contributed by atoms with Crippen molar-refractivity contribution in [2.45, 2.75) is 38.1 Å². The van der Waals surface area contributed by atoms with E-state index < -0.39 is 0 Å². The molecule has 0 bridgehead atoms. The molecule has 90 valence electrons. The molecule has 0 N–H and O–H groups in total. The van der Waals surface area contributed by atoms with Crippen LogP contribution in [0.4, 0.5) is 5.95 Å². The molecule has 0 aliphatic heterocycles. The van der Waals surface area contributed by atoms with Crippen molar-refractivity contribution in [3.8, 4) is 0 Å². The van der Waals surface area contributed by atoms with Crippen molar-refractivity contribution in [3.63, 3.8) is 0 Å². The Balaban J connectivity index is 2.97. The minimum atomic E-state index is 0.264. The molecule has 0 amide bonds. The lowest BCUT2D eigenvalue weighted by molar-refractivity contribution is 0.781. The lowest BCUT2D eigenvalue weighted by atomic mass is 10.5. The number of aromatic nitrogens is 3. The summed E-state index contributed by atoms with van der Waals surface area (Å²) in [5, 5.41) is 1.39. The lowest BCUT2D eigenvalue weighted by Gasteiger charge is -2.18. The number of anilines is 1. The van der Waals surface area contributed by atoms with Crippen LogP contribution in [-0.4, -0.2) is 33.3 Å². The standard InChI is InChI=1S/C10H17ClN4S/c1-5-15(6-2)9-12-8(11)13-10(14-9)16-7(3)4/h7H,5-6H2,1-4H3. The Morgan fingerprint density at radius 2 is 1.81 bits per heavy atom. The summed E-state index contributed by atoms with van der Waals surface area (Å²) in [6.45, 7) is 10.1. The third-order valence-corrected chi connectivity index (χ3v) is 3.00. The second kappa shape index (κ2) is 6.25. The van der Waals surface area contributed by atoms with Crippen molar-refractivity contribution in [1.29, 1.82) is 0 Å². The molecule has 16 heavy (non-hydrogen) atoms. The monoisotopic (exact) mass is 260 g/mol. The van der Waals surface area contributed by atoms with Gasteiger partial charge in [0.2, 0.25) is 11.2 Å². The van der Waals surface area contributed by atoms with Gasteiger partial charge in [-0.3, -0.25) is 0 Å². The van der Waals surface area contributed by atoms with E-state index in [1.165, 1.54) is 0 Å². The van der Waals surface area contributed by atoms with Crippen molar-refractivity contribution >= 4 is 29.3 Å². The van der Waals surface area contributed by atoms with Gasteiger partial charge in [0.05, 0.1) is 0 Å². The highest BCUT2D eigenvalue weighted by Crippen LogP contribution is 2.22. The van der Waals surface area contributed by atoms with E-state index in [9.17, 15) is 0 Å². The molecule has 0 aliphatic rings. The van der Waals surface area contributed by atoms with E-state index in [1.807, 2.05) is 0 Å². The molecule has 0 aliphatic carbocycles. The van der Waals surface area contributed by atoms with Gasteiger partial charge in [0, 0.05) is 18.3 Å². The van der Waals surface area contributed by atoms with E-state index >= 15 is 0 Å². The van der Waals surface area contributed by atoms with Crippen LogP contribution in [0, 0.1) is 0 Å².